The fourth-order valence-corrected chi connectivity index (χ4v) is 3.17. The van der Waals surface area contributed by atoms with Crippen molar-refractivity contribution < 1.29 is 4.74 Å². The van der Waals surface area contributed by atoms with Crippen molar-refractivity contribution in [2.45, 2.75) is 38.9 Å². The molecule has 1 aromatic heterocycles. The normalized spacial score (nSPS) is 20.7. The molecule has 0 bridgehead atoms. The van der Waals surface area contributed by atoms with E-state index in [1.807, 2.05) is 24.3 Å². The van der Waals surface area contributed by atoms with Crippen molar-refractivity contribution in [2.24, 2.45) is 0 Å². The van der Waals surface area contributed by atoms with E-state index in [-0.39, 0.29) is 11.2 Å². The predicted molar refractivity (Wildman–Crippen MR) is 85.4 cm³/mol. The third-order valence-electron chi connectivity index (χ3n) is 3.57. The van der Waals surface area contributed by atoms with Crippen LogP contribution in [0.1, 0.15) is 27.7 Å². The van der Waals surface area contributed by atoms with Crippen LogP contribution in [-0.4, -0.2) is 34.3 Å². The standard InChI is InChI=1S/C16H22N4O/c1-15(2)9-20(10-16(3,4)21-15)14-13(17)18-11-7-5-6-8-12(11)19-14/h5-8H,9-10H2,1-4H3,(H2,17,18). The molecule has 0 atom stereocenters. The predicted octanol–water partition coefficient (Wildman–Crippen LogP) is 2.61. The van der Waals surface area contributed by atoms with Crippen molar-refractivity contribution in [3.05, 3.63) is 24.3 Å². The van der Waals surface area contributed by atoms with E-state index in [4.69, 9.17) is 15.5 Å². The first-order valence-electron chi connectivity index (χ1n) is 7.23. The number of hydrogen-bond acceptors (Lipinski definition) is 5. The van der Waals surface area contributed by atoms with Crippen LogP contribution >= 0.6 is 0 Å². The number of morpholine rings is 1. The van der Waals surface area contributed by atoms with Crippen LogP contribution in [0, 0.1) is 0 Å². The summed E-state index contributed by atoms with van der Waals surface area (Å²) in [6.45, 7) is 9.84. The summed E-state index contributed by atoms with van der Waals surface area (Å²) in [6, 6.07) is 7.79. The Kier molecular flexibility index (Phi) is 3.06. The molecular weight excluding hydrogens is 264 g/mol. The zero-order valence-corrected chi connectivity index (χ0v) is 13.1. The van der Waals surface area contributed by atoms with E-state index in [9.17, 15) is 0 Å². The summed E-state index contributed by atoms with van der Waals surface area (Å²) in [7, 11) is 0. The number of hydrogen-bond donors (Lipinski definition) is 1. The average molecular weight is 286 g/mol. The zero-order valence-electron chi connectivity index (χ0n) is 13.1. The topological polar surface area (TPSA) is 64.3 Å². The molecule has 1 saturated heterocycles. The number of nitrogens with zero attached hydrogens (tertiary/aromatic N) is 3. The number of rotatable bonds is 1. The molecule has 3 rings (SSSR count). The summed E-state index contributed by atoms with van der Waals surface area (Å²) in [6.07, 6.45) is 0. The molecule has 0 spiro atoms. The van der Waals surface area contributed by atoms with E-state index >= 15 is 0 Å². The van der Waals surface area contributed by atoms with E-state index in [0.717, 1.165) is 29.9 Å². The van der Waals surface area contributed by atoms with Gasteiger partial charge in [0.1, 0.15) is 0 Å². The maximum Gasteiger partial charge on any atom is 0.172 e. The van der Waals surface area contributed by atoms with E-state index in [2.05, 4.69) is 37.6 Å². The second kappa shape index (κ2) is 4.56. The van der Waals surface area contributed by atoms with Crippen LogP contribution in [0.2, 0.25) is 0 Å². The zero-order chi connectivity index (χ0) is 15.3. The molecule has 1 fully saturated rings. The second-order valence-electron chi connectivity index (χ2n) is 6.90. The monoisotopic (exact) mass is 286 g/mol. The van der Waals surface area contributed by atoms with Gasteiger partial charge in [-0.25, -0.2) is 9.97 Å². The molecule has 2 N–H and O–H groups in total. The smallest absolute Gasteiger partial charge is 0.172 e. The minimum atomic E-state index is -0.248. The van der Waals surface area contributed by atoms with Crippen molar-refractivity contribution in [3.8, 4) is 0 Å². The van der Waals surface area contributed by atoms with Gasteiger partial charge in [0.05, 0.1) is 22.2 Å². The second-order valence-corrected chi connectivity index (χ2v) is 6.90. The summed E-state index contributed by atoms with van der Waals surface area (Å²) >= 11 is 0. The Labute approximate surface area is 125 Å². The molecule has 2 heterocycles. The summed E-state index contributed by atoms with van der Waals surface area (Å²) in [5.74, 6) is 1.22. The highest BCUT2D eigenvalue weighted by molar-refractivity contribution is 5.79. The molecule has 112 valence electrons. The van der Waals surface area contributed by atoms with Crippen LogP contribution in [0.4, 0.5) is 11.6 Å². The lowest BCUT2D eigenvalue weighted by Crippen LogP contribution is -2.57. The largest absolute Gasteiger partial charge is 0.381 e. The maximum atomic E-state index is 6.14. The van der Waals surface area contributed by atoms with Gasteiger partial charge in [-0.2, -0.15) is 0 Å². The van der Waals surface area contributed by atoms with Crippen molar-refractivity contribution in [1.82, 2.24) is 9.97 Å². The number of nitrogens with two attached hydrogens (primary N) is 1. The van der Waals surface area contributed by atoms with Gasteiger partial charge in [0.25, 0.3) is 0 Å². The number of anilines is 2. The molecule has 0 amide bonds. The summed E-state index contributed by atoms with van der Waals surface area (Å²) in [4.78, 5) is 11.4. The molecule has 5 nitrogen and oxygen atoms in total. The quantitative estimate of drug-likeness (QED) is 0.873. The van der Waals surface area contributed by atoms with Gasteiger partial charge in [-0.05, 0) is 39.8 Å². The lowest BCUT2D eigenvalue weighted by atomic mass is 9.99. The summed E-state index contributed by atoms with van der Waals surface area (Å²) in [5, 5.41) is 0. The van der Waals surface area contributed by atoms with E-state index < -0.39 is 0 Å². The van der Waals surface area contributed by atoms with Crippen molar-refractivity contribution in [1.29, 1.82) is 0 Å². The first kappa shape index (κ1) is 14.1. The molecule has 1 aliphatic rings. The van der Waals surface area contributed by atoms with Crippen molar-refractivity contribution >= 4 is 22.7 Å². The van der Waals surface area contributed by atoms with E-state index in [1.54, 1.807) is 0 Å². The molecule has 0 unspecified atom stereocenters. The Morgan fingerprint density at radius 3 is 2.10 bits per heavy atom. The number of nitrogen functional groups attached to an aromatic ring is 1. The highest BCUT2D eigenvalue weighted by Gasteiger charge is 2.39. The highest BCUT2D eigenvalue weighted by atomic mass is 16.5. The minimum Gasteiger partial charge on any atom is -0.381 e. The van der Waals surface area contributed by atoms with Gasteiger partial charge in [0, 0.05) is 13.1 Å². The Bertz CT molecular complexity index is 665. The first-order chi connectivity index (χ1) is 9.76. The number of fused-ring (bicyclic) bond motifs is 1. The van der Waals surface area contributed by atoms with Crippen LogP contribution in [0.15, 0.2) is 24.3 Å². The van der Waals surface area contributed by atoms with E-state index in [0.29, 0.717) is 5.82 Å². The third kappa shape index (κ3) is 2.78. The van der Waals surface area contributed by atoms with Crippen LogP contribution in [0.25, 0.3) is 11.0 Å². The molecule has 5 heteroatoms. The number of aromatic nitrogens is 2. The molecule has 0 radical (unpaired) electrons. The number of ether oxygens (including phenoxy) is 1. The molecule has 0 aliphatic carbocycles. The van der Waals surface area contributed by atoms with Gasteiger partial charge in [0.2, 0.25) is 0 Å². The average Bonchev–Trinajstić information content (AvgIpc) is 2.34. The van der Waals surface area contributed by atoms with Crippen molar-refractivity contribution in [3.63, 3.8) is 0 Å². The van der Waals surface area contributed by atoms with Gasteiger partial charge < -0.3 is 15.4 Å². The Morgan fingerprint density at radius 2 is 1.52 bits per heavy atom. The van der Waals surface area contributed by atoms with Crippen LogP contribution in [-0.2, 0) is 4.74 Å². The number of para-hydroxylation sites is 2. The maximum absolute atomic E-state index is 6.14. The van der Waals surface area contributed by atoms with Gasteiger partial charge in [0.15, 0.2) is 11.6 Å². The number of benzene rings is 1. The molecular formula is C16H22N4O. The highest BCUT2D eigenvalue weighted by Crippen LogP contribution is 2.33. The lowest BCUT2D eigenvalue weighted by Gasteiger charge is -2.47. The molecule has 1 aliphatic heterocycles. The van der Waals surface area contributed by atoms with Crippen molar-refractivity contribution in [2.75, 3.05) is 23.7 Å². The first-order valence-corrected chi connectivity index (χ1v) is 7.23. The van der Waals surface area contributed by atoms with Gasteiger partial charge in [-0.15, -0.1) is 0 Å². The van der Waals surface area contributed by atoms with Gasteiger partial charge >= 0.3 is 0 Å². The fourth-order valence-electron chi connectivity index (χ4n) is 3.17. The van der Waals surface area contributed by atoms with Gasteiger partial charge in [-0.3, -0.25) is 0 Å². The molecule has 2 aromatic rings. The van der Waals surface area contributed by atoms with Crippen LogP contribution in [0.3, 0.4) is 0 Å². The van der Waals surface area contributed by atoms with Crippen LogP contribution in [0.5, 0.6) is 0 Å². The Balaban J connectivity index is 2.05. The minimum absolute atomic E-state index is 0.248. The fraction of sp³-hybridized carbons (Fsp3) is 0.500. The SMILES string of the molecule is CC1(C)CN(c2nc3ccccc3nc2N)CC(C)(C)O1. The Morgan fingerprint density at radius 1 is 1.00 bits per heavy atom. The summed E-state index contributed by atoms with van der Waals surface area (Å²) < 4.78 is 6.11. The Hall–Kier alpha value is -1.88. The van der Waals surface area contributed by atoms with Gasteiger partial charge in [-0.1, -0.05) is 12.1 Å². The van der Waals surface area contributed by atoms with E-state index in [1.165, 1.54) is 0 Å². The molecule has 0 saturated carbocycles. The lowest BCUT2D eigenvalue weighted by molar-refractivity contribution is -0.133. The van der Waals surface area contributed by atoms with Crippen LogP contribution < -0.4 is 10.6 Å². The molecule has 1 aromatic carbocycles. The molecule has 21 heavy (non-hydrogen) atoms. The third-order valence-corrected chi connectivity index (χ3v) is 3.57. The summed E-state index contributed by atoms with van der Waals surface area (Å²) in [5.41, 5.74) is 7.33.